The van der Waals surface area contributed by atoms with E-state index in [0.717, 1.165) is 5.69 Å². The molecular weight excluding hydrogens is 273 g/mol. The number of hydrogen-bond donors (Lipinski definition) is 1. The Balaban J connectivity index is 2.24. The highest BCUT2D eigenvalue weighted by molar-refractivity contribution is 6.42. The molecule has 1 aromatic carbocycles. The Kier molecular flexibility index (Phi) is 3.78. The summed E-state index contributed by atoms with van der Waals surface area (Å²) in [5.41, 5.74) is 0.859. The van der Waals surface area contributed by atoms with Gasteiger partial charge in [0.25, 0.3) is 0 Å². The van der Waals surface area contributed by atoms with E-state index in [1.54, 1.807) is 12.1 Å². The molecule has 96 valence electrons. The highest BCUT2D eigenvalue weighted by Gasteiger charge is 2.24. The van der Waals surface area contributed by atoms with Crippen molar-refractivity contribution in [1.29, 1.82) is 0 Å². The summed E-state index contributed by atoms with van der Waals surface area (Å²) in [7, 11) is 0. The number of halogens is 2. The summed E-state index contributed by atoms with van der Waals surface area (Å²) in [6.07, 6.45) is 0.694. The molecule has 0 aromatic heterocycles. The number of carbonyl (C=O) groups excluding carboxylic acids is 1. The Morgan fingerprint density at radius 3 is 2.78 bits per heavy atom. The number of hydrogen-bond acceptors (Lipinski definition) is 3. The molecule has 0 spiro atoms. The standard InChI is InChI=1S/C12H13Cl2N3O/c1-7-5-12(15-8(2)18)16-17(7)9-3-4-10(13)11(14)6-9/h3-4,6-7H,5H2,1-2H3,(H,15,16,18)/t7-/m0/s1. The van der Waals surface area contributed by atoms with Crippen LogP contribution in [0.15, 0.2) is 23.3 Å². The molecule has 0 bridgehead atoms. The molecule has 4 nitrogen and oxygen atoms in total. The highest BCUT2D eigenvalue weighted by atomic mass is 35.5. The van der Waals surface area contributed by atoms with Crippen LogP contribution in [0.4, 0.5) is 5.69 Å². The SMILES string of the molecule is CC(=O)NC1=NN(c2ccc(Cl)c(Cl)c2)[C@@H](C)C1. The van der Waals surface area contributed by atoms with Crippen LogP contribution in [0.2, 0.25) is 10.0 Å². The number of benzene rings is 1. The summed E-state index contributed by atoms with van der Waals surface area (Å²) in [5, 5.41) is 9.90. The van der Waals surface area contributed by atoms with Gasteiger partial charge in [0.05, 0.1) is 21.8 Å². The third kappa shape index (κ3) is 2.76. The molecular formula is C12H13Cl2N3O. The highest BCUT2D eigenvalue weighted by Crippen LogP contribution is 2.30. The van der Waals surface area contributed by atoms with Gasteiger partial charge >= 0.3 is 0 Å². The lowest BCUT2D eigenvalue weighted by Gasteiger charge is -2.19. The zero-order chi connectivity index (χ0) is 13.3. The van der Waals surface area contributed by atoms with Crippen LogP contribution in [0, 0.1) is 0 Å². The molecule has 0 aliphatic carbocycles. The van der Waals surface area contributed by atoms with E-state index < -0.39 is 0 Å². The fourth-order valence-electron chi connectivity index (χ4n) is 1.85. The van der Waals surface area contributed by atoms with Gasteiger partial charge in [0.1, 0.15) is 5.84 Å². The molecule has 2 rings (SSSR count). The zero-order valence-corrected chi connectivity index (χ0v) is 11.6. The van der Waals surface area contributed by atoms with E-state index in [2.05, 4.69) is 10.4 Å². The summed E-state index contributed by atoms with van der Waals surface area (Å²) >= 11 is 11.9. The number of amidine groups is 1. The third-order valence-corrected chi connectivity index (χ3v) is 3.36. The predicted molar refractivity (Wildman–Crippen MR) is 74.3 cm³/mol. The van der Waals surface area contributed by atoms with Gasteiger partial charge in [0.2, 0.25) is 5.91 Å². The van der Waals surface area contributed by atoms with E-state index in [1.807, 2.05) is 18.0 Å². The molecule has 0 fully saturated rings. The van der Waals surface area contributed by atoms with E-state index in [-0.39, 0.29) is 11.9 Å². The molecule has 1 heterocycles. The number of nitrogens with zero attached hydrogens (tertiary/aromatic N) is 2. The molecule has 1 aliphatic heterocycles. The molecule has 18 heavy (non-hydrogen) atoms. The summed E-state index contributed by atoms with van der Waals surface area (Å²) < 4.78 is 0. The Morgan fingerprint density at radius 1 is 1.44 bits per heavy atom. The summed E-state index contributed by atoms with van der Waals surface area (Å²) in [4.78, 5) is 11.0. The van der Waals surface area contributed by atoms with E-state index in [0.29, 0.717) is 22.3 Å². The van der Waals surface area contributed by atoms with Gasteiger partial charge in [-0.25, -0.2) is 0 Å². The maximum absolute atomic E-state index is 11.0. The van der Waals surface area contributed by atoms with Crippen LogP contribution >= 0.6 is 23.2 Å². The fourth-order valence-corrected chi connectivity index (χ4v) is 2.15. The number of hydrazone groups is 1. The Morgan fingerprint density at radius 2 is 2.17 bits per heavy atom. The lowest BCUT2D eigenvalue weighted by molar-refractivity contribution is -0.117. The van der Waals surface area contributed by atoms with Gasteiger partial charge in [-0.05, 0) is 25.1 Å². The van der Waals surface area contributed by atoms with E-state index in [1.165, 1.54) is 6.92 Å². The lowest BCUT2D eigenvalue weighted by Crippen LogP contribution is -2.27. The van der Waals surface area contributed by atoms with Crippen LogP contribution in [0.1, 0.15) is 20.3 Å². The van der Waals surface area contributed by atoms with Crippen molar-refractivity contribution >= 4 is 40.6 Å². The monoisotopic (exact) mass is 285 g/mol. The number of carbonyl (C=O) groups is 1. The summed E-state index contributed by atoms with van der Waals surface area (Å²) in [6, 6.07) is 5.52. The lowest BCUT2D eigenvalue weighted by atomic mass is 10.2. The molecule has 0 radical (unpaired) electrons. The molecule has 6 heteroatoms. The minimum atomic E-state index is -0.114. The van der Waals surface area contributed by atoms with Crippen molar-refractivity contribution in [3.8, 4) is 0 Å². The van der Waals surface area contributed by atoms with Gasteiger partial charge in [0, 0.05) is 13.3 Å². The molecule has 0 unspecified atom stereocenters. The van der Waals surface area contributed by atoms with Crippen LogP contribution in [0.5, 0.6) is 0 Å². The van der Waals surface area contributed by atoms with Crippen molar-refractivity contribution in [2.24, 2.45) is 5.10 Å². The molecule has 1 atom stereocenters. The first-order chi connectivity index (χ1) is 8.47. The van der Waals surface area contributed by atoms with Gasteiger partial charge in [-0.1, -0.05) is 23.2 Å². The van der Waals surface area contributed by atoms with Crippen molar-refractivity contribution in [3.63, 3.8) is 0 Å². The largest absolute Gasteiger partial charge is 0.313 e. The second-order valence-corrected chi connectivity index (χ2v) is 5.04. The molecule has 1 N–H and O–H groups in total. The van der Waals surface area contributed by atoms with Gasteiger partial charge in [0.15, 0.2) is 0 Å². The maximum Gasteiger partial charge on any atom is 0.222 e. The Hall–Kier alpha value is -1.26. The molecule has 1 amide bonds. The molecule has 1 aromatic rings. The first-order valence-electron chi connectivity index (χ1n) is 5.56. The maximum atomic E-state index is 11.0. The first kappa shape index (κ1) is 13.2. The smallest absolute Gasteiger partial charge is 0.222 e. The second-order valence-electron chi connectivity index (χ2n) is 4.22. The van der Waals surface area contributed by atoms with Gasteiger partial charge < -0.3 is 5.32 Å². The van der Waals surface area contributed by atoms with Crippen molar-refractivity contribution in [2.75, 3.05) is 5.01 Å². The molecule has 0 saturated heterocycles. The molecule has 0 saturated carbocycles. The van der Waals surface area contributed by atoms with Gasteiger partial charge in [-0.15, -0.1) is 0 Å². The van der Waals surface area contributed by atoms with Crippen LogP contribution < -0.4 is 10.3 Å². The van der Waals surface area contributed by atoms with Crippen LogP contribution in [0.3, 0.4) is 0 Å². The van der Waals surface area contributed by atoms with E-state index in [9.17, 15) is 4.79 Å². The van der Waals surface area contributed by atoms with Crippen molar-refractivity contribution in [1.82, 2.24) is 5.32 Å². The number of nitrogens with one attached hydrogen (secondary N) is 1. The Labute approximate surface area is 116 Å². The molecule has 1 aliphatic rings. The quantitative estimate of drug-likeness (QED) is 0.862. The average molecular weight is 286 g/mol. The summed E-state index contributed by atoms with van der Waals surface area (Å²) in [5.74, 6) is 0.554. The fraction of sp³-hybridized carbons (Fsp3) is 0.333. The van der Waals surface area contributed by atoms with Crippen LogP contribution in [-0.2, 0) is 4.79 Å². The predicted octanol–water partition coefficient (Wildman–Crippen LogP) is 3.04. The first-order valence-corrected chi connectivity index (χ1v) is 6.32. The van der Waals surface area contributed by atoms with Crippen LogP contribution in [0.25, 0.3) is 0 Å². The van der Waals surface area contributed by atoms with Crippen LogP contribution in [-0.4, -0.2) is 17.8 Å². The van der Waals surface area contributed by atoms with Crippen molar-refractivity contribution in [2.45, 2.75) is 26.3 Å². The van der Waals surface area contributed by atoms with E-state index in [4.69, 9.17) is 23.2 Å². The topological polar surface area (TPSA) is 44.7 Å². The van der Waals surface area contributed by atoms with Gasteiger partial charge in [-0.3, -0.25) is 9.80 Å². The minimum Gasteiger partial charge on any atom is -0.313 e. The minimum absolute atomic E-state index is 0.114. The van der Waals surface area contributed by atoms with Crippen molar-refractivity contribution < 1.29 is 4.79 Å². The normalized spacial score (nSPS) is 18.8. The average Bonchev–Trinajstić information content (AvgIpc) is 2.62. The number of rotatable bonds is 1. The number of anilines is 1. The van der Waals surface area contributed by atoms with Gasteiger partial charge in [-0.2, -0.15) is 5.10 Å². The Bertz CT molecular complexity index is 516. The zero-order valence-electron chi connectivity index (χ0n) is 10.1. The van der Waals surface area contributed by atoms with Crippen molar-refractivity contribution in [3.05, 3.63) is 28.2 Å². The van der Waals surface area contributed by atoms with E-state index >= 15 is 0 Å². The third-order valence-electron chi connectivity index (χ3n) is 2.62. The second kappa shape index (κ2) is 5.16. The number of amides is 1. The summed E-state index contributed by atoms with van der Waals surface area (Å²) in [6.45, 7) is 3.50.